The Morgan fingerprint density at radius 1 is 1.25 bits per heavy atom. The molecule has 3 fully saturated rings. The highest BCUT2D eigenvalue weighted by molar-refractivity contribution is 7.80. The number of hydrogen-bond donors (Lipinski definition) is 2. The van der Waals surface area contributed by atoms with E-state index in [1.165, 1.54) is 12.1 Å². The van der Waals surface area contributed by atoms with E-state index in [1.807, 2.05) is 0 Å². The molecule has 1 aromatic rings. The molecule has 3 aliphatic heterocycles. The Balaban J connectivity index is 1.81. The van der Waals surface area contributed by atoms with Crippen LogP contribution in [0.5, 0.6) is 0 Å². The number of halogens is 2. The molecule has 0 radical (unpaired) electrons. The molecule has 20 heavy (non-hydrogen) atoms. The van der Waals surface area contributed by atoms with E-state index in [2.05, 4.69) is 10.2 Å². The molecule has 4 rings (SSSR count). The van der Waals surface area contributed by atoms with Crippen LogP contribution in [0.2, 0.25) is 0 Å². The Kier molecular flexibility index (Phi) is 3.60. The molecule has 0 aliphatic carbocycles. The van der Waals surface area contributed by atoms with Gasteiger partial charge in [-0.3, -0.25) is 0 Å². The zero-order chi connectivity index (χ0) is 14.3. The number of fused-ring (bicyclic) bond motifs is 3. The van der Waals surface area contributed by atoms with Gasteiger partial charge in [-0.25, -0.2) is 8.78 Å². The first-order chi connectivity index (χ1) is 9.56. The summed E-state index contributed by atoms with van der Waals surface area (Å²) in [4.78, 5) is 2.23. The number of rotatable bonds is 3. The quantitative estimate of drug-likeness (QED) is 0.839. The van der Waals surface area contributed by atoms with E-state index in [1.54, 1.807) is 0 Å². The number of piperidine rings is 3. The van der Waals surface area contributed by atoms with Crippen molar-refractivity contribution >= 4 is 22.9 Å². The monoisotopic (exact) mass is 297 g/mol. The molecule has 0 spiro atoms. The number of thiocarbonyl (C=S) groups is 1. The summed E-state index contributed by atoms with van der Waals surface area (Å²) in [6.07, 6.45) is 2.24. The van der Waals surface area contributed by atoms with Crippen LogP contribution in [-0.2, 0) is 0 Å². The van der Waals surface area contributed by atoms with Gasteiger partial charge in [-0.15, -0.1) is 0 Å². The summed E-state index contributed by atoms with van der Waals surface area (Å²) in [6.45, 7) is 3.11. The minimum absolute atomic E-state index is 0.0445. The van der Waals surface area contributed by atoms with Gasteiger partial charge in [0.15, 0.2) is 11.6 Å². The molecule has 2 bridgehead atoms. The van der Waals surface area contributed by atoms with Crippen molar-refractivity contribution in [2.75, 3.05) is 25.0 Å². The normalized spacial score (nSPS) is 28.4. The minimum atomic E-state index is -0.969. The Morgan fingerprint density at radius 3 is 2.50 bits per heavy atom. The second kappa shape index (κ2) is 5.26. The van der Waals surface area contributed by atoms with Crippen LogP contribution >= 0.6 is 12.2 Å². The fraction of sp³-hybridized carbons (Fsp3) is 0.500. The third-order valence-electron chi connectivity index (χ3n) is 4.34. The van der Waals surface area contributed by atoms with Crippen molar-refractivity contribution in [2.24, 2.45) is 11.7 Å². The number of nitrogens with two attached hydrogens (primary N) is 1. The van der Waals surface area contributed by atoms with Crippen LogP contribution in [0.15, 0.2) is 12.1 Å². The lowest BCUT2D eigenvalue weighted by atomic mass is 9.84. The van der Waals surface area contributed by atoms with Gasteiger partial charge in [0.05, 0.1) is 5.69 Å². The summed E-state index contributed by atoms with van der Waals surface area (Å²) in [5.41, 5.74) is 5.52. The number of benzene rings is 1. The lowest BCUT2D eigenvalue weighted by molar-refractivity contribution is 0.0973. The number of nitrogens with zero attached hydrogens (tertiary/aromatic N) is 1. The summed E-state index contributed by atoms with van der Waals surface area (Å²) >= 11 is 4.70. The van der Waals surface area contributed by atoms with Gasteiger partial charge in [-0.2, -0.15) is 0 Å². The molecule has 108 valence electrons. The molecule has 0 saturated carbocycles. The number of nitrogens with one attached hydrogen (secondary N) is 1. The lowest BCUT2D eigenvalue weighted by Crippen LogP contribution is -2.53. The molecular formula is C14H17F2N3S. The van der Waals surface area contributed by atoms with Gasteiger partial charge in [0, 0.05) is 18.2 Å². The maximum Gasteiger partial charge on any atom is 0.182 e. The molecule has 3 saturated heterocycles. The summed E-state index contributed by atoms with van der Waals surface area (Å²) in [7, 11) is 0. The topological polar surface area (TPSA) is 41.3 Å². The Labute approximate surface area is 122 Å². The SMILES string of the molecule is NC(=S)c1ccc(NC2CN3CCC2CC3)c(F)c1F. The van der Waals surface area contributed by atoms with Crippen LogP contribution in [0, 0.1) is 17.6 Å². The van der Waals surface area contributed by atoms with E-state index in [9.17, 15) is 8.78 Å². The van der Waals surface area contributed by atoms with E-state index in [0.717, 1.165) is 32.5 Å². The molecule has 0 aromatic heterocycles. The van der Waals surface area contributed by atoms with Gasteiger partial charge in [0.2, 0.25) is 0 Å². The van der Waals surface area contributed by atoms with Gasteiger partial charge < -0.3 is 16.0 Å². The van der Waals surface area contributed by atoms with Crippen molar-refractivity contribution in [3.05, 3.63) is 29.3 Å². The summed E-state index contributed by atoms with van der Waals surface area (Å²) in [5, 5.41) is 3.15. The zero-order valence-electron chi connectivity index (χ0n) is 11.0. The van der Waals surface area contributed by atoms with E-state index >= 15 is 0 Å². The summed E-state index contributed by atoms with van der Waals surface area (Å²) < 4.78 is 27.9. The van der Waals surface area contributed by atoms with E-state index in [0.29, 0.717) is 5.92 Å². The lowest BCUT2D eigenvalue weighted by Gasteiger charge is -2.45. The van der Waals surface area contributed by atoms with Gasteiger partial charge in [0.25, 0.3) is 0 Å². The molecule has 3 heterocycles. The number of hydrogen-bond acceptors (Lipinski definition) is 3. The van der Waals surface area contributed by atoms with Crippen molar-refractivity contribution in [3.8, 4) is 0 Å². The summed E-state index contributed by atoms with van der Waals surface area (Å²) in [5.74, 6) is -1.33. The van der Waals surface area contributed by atoms with Gasteiger partial charge in [-0.05, 0) is 44.0 Å². The summed E-state index contributed by atoms with van der Waals surface area (Å²) in [6, 6.07) is 3.14. The molecule has 6 heteroatoms. The van der Waals surface area contributed by atoms with E-state index < -0.39 is 11.6 Å². The molecule has 1 atom stereocenters. The Morgan fingerprint density at radius 2 is 1.95 bits per heavy atom. The van der Waals surface area contributed by atoms with Gasteiger partial charge in [0.1, 0.15) is 4.99 Å². The maximum atomic E-state index is 14.1. The minimum Gasteiger partial charge on any atom is -0.389 e. The van der Waals surface area contributed by atoms with Crippen LogP contribution in [-0.4, -0.2) is 35.6 Å². The van der Waals surface area contributed by atoms with Crippen molar-refractivity contribution in [3.63, 3.8) is 0 Å². The predicted molar refractivity (Wildman–Crippen MR) is 78.8 cm³/mol. The first kappa shape index (κ1) is 13.7. The fourth-order valence-corrected chi connectivity index (χ4v) is 3.34. The second-order valence-electron chi connectivity index (χ2n) is 5.54. The largest absolute Gasteiger partial charge is 0.389 e. The third kappa shape index (κ3) is 2.38. The maximum absolute atomic E-state index is 14.1. The van der Waals surface area contributed by atoms with Crippen molar-refractivity contribution in [1.82, 2.24) is 4.90 Å². The highest BCUT2D eigenvalue weighted by Crippen LogP contribution is 2.31. The third-order valence-corrected chi connectivity index (χ3v) is 4.56. The first-order valence-electron chi connectivity index (χ1n) is 6.83. The van der Waals surface area contributed by atoms with E-state index in [4.69, 9.17) is 18.0 Å². The Hall–Kier alpha value is -1.27. The van der Waals surface area contributed by atoms with Gasteiger partial charge >= 0.3 is 0 Å². The van der Waals surface area contributed by atoms with E-state index in [-0.39, 0.29) is 22.3 Å². The van der Waals surface area contributed by atoms with Crippen LogP contribution in [0.25, 0.3) is 0 Å². The smallest absolute Gasteiger partial charge is 0.182 e. The molecule has 3 aliphatic rings. The zero-order valence-corrected chi connectivity index (χ0v) is 11.9. The molecule has 3 N–H and O–H groups in total. The molecule has 0 amide bonds. The van der Waals surface area contributed by atoms with Crippen molar-refractivity contribution in [2.45, 2.75) is 18.9 Å². The van der Waals surface area contributed by atoms with Crippen LogP contribution in [0.3, 0.4) is 0 Å². The second-order valence-corrected chi connectivity index (χ2v) is 5.98. The first-order valence-corrected chi connectivity index (χ1v) is 7.24. The highest BCUT2D eigenvalue weighted by atomic mass is 32.1. The molecule has 1 aromatic carbocycles. The molecule has 3 nitrogen and oxygen atoms in total. The Bertz CT molecular complexity index is 541. The van der Waals surface area contributed by atoms with Gasteiger partial charge in [-0.1, -0.05) is 12.2 Å². The van der Waals surface area contributed by atoms with Crippen molar-refractivity contribution in [1.29, 1.82) is 0 Å². The fourth-order valence-electron chi connectivity index (χ4n) is 3.18. The number of anilines is 1. The standard InChI is InChI=1S/C14H17F2N3S/c15-12-9(14(17)20)1-2-10(13(12)16)18-11-7-19-5-3-8(11)4-6-19/h1-2,8,11,18H,3-7H2,(H2,17,20). The molecular weight excluding hydrogens is 280 g/mol. The van der Waals surface area contributed by atoms with Crippen LogP contribution < -0.4 is 11.1 Å². The van der Waals surface area contributed by atoms with Crippen molar-refractivity contribution < 1.29 is 8.78 Å². The highest BCUT2D eigenvalue weighted by Gasteiger charge is 2.34. The van der Waals surface area contributed by atoms with Crippen LogP contribution in [0.1, 0.15) is 18.4 Å². The van der Waals surface area contributed by atoms with Crippen LogP contribution in [0.4, 0.5) is 14.5 Å². The average Bonchev–Trinajstić information content (AvgIpc) is 2.45. The molecule has 1 unspecified atom stereocenters. The average molecular weight is 297 g/mol. The predicted octanol–water partition coefficient (Wildman–Crippen LogP) is 2.11.